The van der Waals surface area contributed by atoms with Crippen LogP contribution in [0.1, 0.15) is 57.8 Å². The Hall–Kier alpha value is -0.570. The molecular weight excluding hydrogens is 236 g/mol. The Morgan fingerprint density at radius 2 is 1.79 bits per heavy atom. The Bertz CT molecular complexity index is 379. The second kappa shape index (κ2) is 4.76. The molecule has 1 N–H and O–H groups in total. The van der Waals surface area contributed by atoms with Gasteiger partial charge in [0.2, 0.25) is 0 Å². The van der Waals surface area contributed by atoms with Gasteiger partial charge in [0.25, 0.3) is 0 Å². The normalized spacial score (nSPS) is 48.6. The molecular formula is C16H26N2O. The van der Waals surface area contributed by atoms with E-state index in [9.17, 15) is 5.21 Å². The van der Waals surface area contributed by atoms with Gasteiger partial charge in [-0.05, 0) is 63.3 Å². The van der Waals surface area contributed by atoms with Crippen LogP contribution in [0.25, 0.3) is 0 Å². The first kappa shape index (κ1) is 12.2. The Kier molecular flexibility index (Phi) is 3.06. The molecule has 1 saturated heterocycles. The van der Waals surface area contributed by atoms with Crippen LogP contribution in [0.3, 0.4) is 0 Å². The van der Waals surface area contributed by atoms with Crippen LogP contribution >= 0.6 is 0 Å². The Balaban J connectivity index is 1.60. The molecule has 0 spiro atoms. The lowest BCUT2D eigenvalue weighted by Crippen LogP contribution is -2.55. The molecule has 2 bridgehead atoms. The molecule has 3 nitrogen and oxygen atoms in total. The van der Waals surface area contributed by atoms with Gasteiger partial charge in [-0.3, -0.25) is 4.90 Å². The minimum Gasteiger partial charge on any atom is -0.411 e. The summed E-state index contributed by atoms with van der Waals surface area (Å²) >= 11 is 0. The van der Waals surface area contributed by atoms with Crippen LogP contribution in [-0.2, 0) is 0 Å². The minimum atomic E-state index is 0.495. The van der Waals surface area contributed by atoms with Crippen LogP contribution in [0, 0.1) is 17.8 Å². The van der Waals surface area contributed by atoms with Gasteiger partial charge in [0, 0.05) is 12.0 Å². The second-order valence-electron chi connectivity index (χ2n) is 7.23. The molecule has 3 heteroatoms. The van der Waals surface area contributed by atoms with Crippen LogP contribution < -0.4 is 0 Å². The third kappa shape index (κ3) is 1.84. The van der Waals surface area contributed by atoms with Crippen molar-refractivity contribution in [1.82, 2.24) is 4.90 Å². The molecule has 5 atom stereocenters. The molecule has 0 amide bonds. The molecule has 0 aromatic heterocycles. The van der Waals surface area contributed by atoms with Crippen molar-refractivity contribution in [3.8, 4) is 0 Å². The van der Waals surface area contributed by atoms with E-state index in [0.717, 1.165) is 23.6 Å². The fourth-order valence-corrected chi connectivity index (χ4v) is 5.64. The first-order valence-corrected chi connectivity index (χ1v) is 8.36. The maximum atomic E-state index is 9.45. The molecule has 0 radical (unpaired) electrons. The van der Waals surface area contributed by atoms with E-state index in [1.807, 2.05) is 0 Å². The summed E-state index contributed by atoms with van der Waals surface area (Å²) in [6, 6.07) is 1.29. The molecule has 1 heterocycles. The summed E-state index contributed by atoms with van der Waals surface area (Å²) < 4.78 is 0. The van der Waals surface area contributed by atoms with Gasteiger partial charge >= 0.3 is 0 Å². The van der Waals surface area contributed by atoms with Crippen molar-refractivity contribution in [3.05, 3.63) is 0 Å². The molecule has 19 heavy (non-hydrogen) atoms. The number of piperidine rings is 1. The topological polar surface area (TPSA) is 35.8 Å². The lowest BCUT2D eigenvalue weighted by Gasteiger charge is -2.48. The van der Waals surface area contributed by atoms with Gasteiger partial charge in [-0.15, -0.1) is 0 Å². The zero-order valence-electron chi connectivity index (χ0n) is 11.8. The molecule has 4 fully saturated rings. The number of likely N-dealkylation sites (tertiary alicyclic amines) is 1. The highest BCUT2D eigenvalue weighted by molar-refractivity contribution is 5.94. The van der Waals surface area contributed by atoms with E-state index in [4.69, 9.17) is 0 Å². The highest BCUT2D eigenvalue weighted by atomic mass is 16.4. The van der Waals surface area contributed by atoms with E-state index in [1.54, 1.807) is 0 Å². The van der Waals surface area contributed by atoms with Crippen LogP contribution in [0.4, 0.5) is 0 Å². The summed E-state index contributed by atoms with van der Waals surface area (Å²) in [6.07, 6.45) is 12.4. The highest BCUT2D eigenvalue weighted by Gasteiger charge is 2.50. The van der Waals surface area contributed by atoms with Gasteiger partial charge in [0.05, 0.1) is 11.8 Å². The largest absolute Gasteiger partial charge is 0.411 e. The summed E-state index contributed by atoms with van der Waals surface area (Å²) in [5.74, 6) is 2.32. The van der Waals surface area contributed by atoms with Crippen molar-refractivity contribution in [2.75, 3.05) is 6.54 Å². The number of hydrogen-bond donors (Lipinski definition) is 1. The fourth-order valence-electron chi connectivity index (χ4n) is 5.64. The van der Waals surface area contributed by atoms with E-state index >= 15 is 0 Å². The Morgan fingerprint density at radius 1 is 0.947 bits per heavy atom. The predicted molar refractivity (Wildman–Crippen MR) is 75.5 cm³/mol. The summed E-state index contributed by atoms with van der Waals surface area (Å²) in [7, 11) is 0. The molecule has 5 unspecified atom stereocenters. The maximum absolute atomic E-state index is 9.45. The summed E-state index contributed by atoms with van der Waals surface area (Å²) in [6.45, 7) is 1.24. The van der Waals surface area contributed by atoms with Crippen LogP contribution in [0.2, 0.25) is 0 Å². The fraction of sp³-hybridized carbons (Fsp3) is 0.938. The second-order valence-corrected chi connectivity index (χ2v) is 7.23. The van der Waals surface area contributed by atoms with Gasteiger partial charge in [0.15, 0.2) is 0 Å². The molecule has 4 rings (SSSR count). The molecule has 106 valence electrons. The van der Waals surface area contributed by atoms with E-state index in [2.05, 4.69) is 10.1 Å². The molecule has 3 aliphatic carbocycles. The van der Waals surface area contributed by atoms with Gasteiger partial charge in [-0.2, -0.15) is 0 Å². The standard InChI is InChI=1S/C16H26N2O/c19-17-15-12-7-8-13(10-12)16(15)18-9-3-5-11-4-1-2-6-14(11)18/h11-14,16,19H,1-10H2/b17-15+. The number of oxime groups is 1. The van der Waals surface area contributed by atoms with Crippen LogP contribution in [0.15, 0.2) is 5.16 Å². The summed E-state index contributed by atoms with van der Waals surface area (Å²) in [4.78, 5) is 2.77. The number of nitrogens with zero attached hydrogens (tertiary/aromatic N) is 2. The predicted octanol–water partition coefficient (Wildman–Crippen LogP) is 3.27. The first-order valence-electron chi connectivity index (χ1n) is 8.36. The van der Waals surface area contributed by atoms with Crippen molar-refractivity contribution in [2.45, 2.75) is 69.9 Å². The summed E-state index contributed by atoms with van der Waals surface area (Å²) in [5, 5.41) is 13.2. The lowest BCUT2D eigenvalue weighted by atomic mass is 9.76. The van der Waals surface area contributed by atoms with Crippen LogP contribution in [-0.4, -0.2) is 34.4 Å². The van der Waals surface area contributed by atoms with Crippen molar-refractivity contribution >= 4 is 5.71 Å². The number of rotatable bonds is 1. The van der Waals surface area contributed by atoms with Gasteiger partial charge < -0.3 is 5.21 Å². The highest BCUT2D eigenvalue weighted by Crippen LogP contribution is 2.48. The van der Waals surface area contributed by atoms with E-state index < -0.39 is 0 Å². The number of fused-ring (bicyclic) bond motifs is 3. The molecule has 4 aliphatic rings. The van der Waals surface area contributed by atoms with Crippen LogP contribution in [0.5, 0.6) is 0 Å². The first-order chi connectivity index (χ1) is 9.38. The molecule has 3 saturated carbocycles. The Morgan fingerprint density at radius 3 is 2.68 bits per heavy atom. The Labute approximate surface area is 116 Å². The number of hydrogen-bond acceptors (Lipinski definition) is 3. The average Bonchev–Trinajstić information content (AvgIpc) is 3.07. The van der Waals surface area contributed by atoms with E-state index in [0.29, 0.717) is 12.0 Å². The van der Waals surface area contributed by atoms with Crippen molar-refractivity contribution in [2.24, 2.45) is 22.9 Å². The molecule has 0 aromatic rings. The van der Waals surface area contributed by atoms with Crippen molar-refractivity contribution < 1.29 is 5.21 Å². The third-order valence-corrected chi connectivity index (χ3v) is 6.40. The zero-order valence-corrected chi connectivity index (χ0v) is 11.8. The summed E-state index contributed by atoms with van der Waals surface area (Å²) in [5.41, 5.74) is 1.14. The SMILES string of the molecule is O/N=C1\C2CCC(C2)C1N1CCCC2CCCCC21. The van der Waals surface area contributed by atoms with Crippen molar-refractivity contribution in [3.63, 3.8) is 0 Å². The monoisotopic (exact) mass is 262 g/mol. The average molecular weight is 262 g/mol. The van der Waals surface area contributed by atoms with Gasteiger partial charge in [-0.25, -0.2) is 0 Å². The quantitative estimate of drug-likeness (QED) is 0.581. The zero-order chi connectivity index (χ0) is 12.8. The third-order valence-electron chi connectivity index (χ3n) is 6.40. The maximum Gasteiger partial charge on any atom is 0.0775 e. The van der Waals surface area contributed by atoms with Crippen molar-refractivity contribution in [1.29, 1.82) is 0 Å². The van der Waals surface area contributed by atoms with Gasteiger partial charge in [0.1, 0.15) is 0 Å². The van der Waals surface area contributed by atoms with E-state index in [-0.39, 0.29) is 0 Å². The van der Waals surface area contributed by atoms with E-state index in [1.165, 1.54) is 64.3 Å². The lowest BCUT2D eigenvalue weighted by molar-refractivity contribution is 0.0305. The smallest absolute Gasteiger partial charge is 0.0775 e. The van der Waals surface area contributed by atoms with Gasteiger partial charge in [-0.1, -0.05) is 18.0 Å². The molecule has 1 aliphatic heterocycles. The minimum absolute atomic E-state index is 0.495. The molecule has 0 aromatic carbocycles.